The van der Waals surface area contributed by atoms with Gasteiger partial charge in [0, 0.05) is 39.0 Å². The number of benzene rings is 8. The van der Waals surface area contributed by atoms with E-state index in [1.54, 1.807) is 0 Å². The fourth-order valence-corrected chi connectivity index (χ4v) is 8.04. The number of anilines is 3. The van der Waals surface area contributed by atoms with E-state index < -0.39 is 0 Å². The average molecular weight is 696 g/mol. The Balaban J connectivity index is 1.00. The standard InChI is InChI=1S/C51H37NO2/c1-51(2)44-30-32-48-49(43-15-9-10-16-46(43)53-48)50(44)54-47-31-23-39(33-45(47)51)38-21-28-42(29-22-38)52(40-24-17-36(18-25-40)34-11-5-3-6-12-34)41-26-19-37(20-27-41)35-13-7-4-8-14-35/h3-33H,1-2H3. The van der Waals surface area contributed by atoms with Gasteiger partial charge in [-0.05, 0) is 94.0 Å². The number of furan rings is 1. The van der Waals surface area contributed by atoms with Crippen LogP contribution in [0.25, 0.3) is 55.3 Å². The Morgan fingerprint density at radius 2 is 0.889 bits per heavy atom. The number of rotatable bonds is 6. The molecule has 0 aliphatic carbocycles. The van der Waals surface area contributed by atoms with E-state index in [0.717, 1.165) is 67.2 Å². The molecule has 2 heterocycles. The zero-order chi connectivity index (χ0) is 36.2. The van der Waals surface area contributed by atoms with Crippen LogP contribution in [0.3, 0.4) is 0 Å². The number of para-hydroxylation sites is 1. The Kier molecular flexibility index (Phi) is 7.48. The maximum atomic E-state index is 6.74. The van der Waals surface area contributed by atoms with Gasteiger partial charge < -0.3 is 14.1 Å². The van der Waals surface area contributed by atoms with Crippen LogP contribution in [0.4, 0.5) is 17.1 Å². The molecule has 0 fully saturated rings. The topological polar surface area (TPSA) is 25.6 Å². The van der Waals surface area contributed by atoms with Crippen molar-refractivity contribution in [3.8, 4) is 44.9 Å². The van der Waals surface area contributed by atoms with Crippen LogP contribution in [-0.4, -0.2) is 0 Å². The molecule has 0 saturated carbocycles. The SMILES string of the molecule is CC1(C)c2cc(-c3ccc(N(c4ccc(-c5ccccc5)cc4)c4ccc(-c5ccccc5)cc4)cc3)ccc2Oc2c1ccc1oc3ccccc3c21. The third-order valence-corrected chi connectivity index (χ3v) is 11.0. The fourth-order valence-electron chi connectivity index (χ4n) is 8.04. The highest BCUT2D eigenvalue weighted by Crippen LogP contribution is 2.53. The molecule has 1 aliphatic rings. The summed E-state index contributed by atoms with van der Waals surface area (Å²) in [4.78, 5) is 2.33. The molecule has 9 aromatic rings. The third-order valence-electron chi connectivity index (χ3n) is 11.0. The molecule has 8 aromatic carbocycles. The first-order valence-electron chi connectivity index (χ1n) is 18.5. The number of hydrogen-bond donors (Lipinski definition) is 0. The molecule has 54 heavy (non-hydrogen) atoms. The van der Waals surface area contributed by atoms with Crippen LogP contribution in [0.1, 0.15) is 25.0 Å². The van der Waals surface area contributed by atoms with Crippen molar-refractivity contribution in [1.29, 1.82) is 0 Å². The van der Waals surface area contributed by atoms with Gasteiger partial charge in [-0.15, -0.1) is 0 Å². The number of ether oxygens (including phenoxy) is 1. The number of hydrogen-bond acceptors (Lipinski definition) is 3. The van der Waals surface area contributed by atoms with E-state index in [4.69, 9.17) is 9.15 Å². The van der Waals surface area contributed by atoms with Gasteiger partial charge in [-0.3, -0.25) is 0 Å². The molecule has 0 atom stereocenters. The molecule has 1 aromatic heterocycles. The molecule has 0 saturated heterocycles. The molecular weight excluding hydrogens is 659 g/mol. The summed E-state index contributed by atoms with van der Waals surface area (Å²) < 4.78 is 12.9. The van der Waals surface area contributed by atoms with Crippen molar-refractivity contribution in [1.82, 2.24) is 0 Å². The molecule has 0 unspecified atom stereocenters. The van der Waals surface area contributed by atoms with Crippen LogP contribution in [0.5, 0.6) is 11.5 Å². The zero-order valence-corrected chi connectivity index (χ0v) is 30.2. The smallest absolute Gasteiger partial charge is 0.143 e. The fraction of sp³-hybridized carbons (Fsp3) is 0.0588. The van der Waals surface area contributed by atoms with Crippen molar-refractivity contribution in [3.63, 3.8) is 0 Å². The average Bonchev–Trinajstić information content (AvgIpc) is 3.62. The summed E-state index contributed by atoms with van der Waals surface area (Å²) in [5, 5.41) is 2.11. The van der Waals surface area contributed by atoms with E-state index in [1.807, 2.05) is 12.1 Å². The molecule has 258 valence electrons. The number of nitrogens with zero attached hydrogens (tertiary/aromatic N) is 1. The molecule has 3 nitrogen and oxygen atoms in total. The minimum Gasteiger partial charge on any atom is -0.456 e. The Morgan fingerprint density at radius 1 is 0.407 bits per heavy atom. The lowest BCUT2D eigenvalue weighted by molar-refractivity contribution is 0.423. The first-order valence-corrected chi connectivity index (χ1v) is 18.5. The van der Waals surface area contributed by atoms with Crippen molar-refractivity contribution in [2.75, 3.05) is 4.90 Å². The highest BCUT2D eigenvalue weighted by molar-refractivity contribution is 6.09. The van der Waals surface area contributed by atoms with Crippen molar-refractivity contribution in [3.05, 3.63) is 199 Å². The lowest BCUT2D eigenvalue weighted by Crippen LogP contribution is -2.24. The molecule has 0 amide bonds. The molecule has 1 aliphatic heterocycles. The Labute approximate surface area is 315 Å². The second kappa shape index (κ2) is 12.7. The summed E-state index contributed by atoms with van der Waals surface area (Å²) >= 11 is 0. The Bertz CT molecular complexity index is 2700. The van der Waals surface area contributed by atoms with Crippen LogP contribution in [0.15, 0.2) is 192 Å². The summed E-state index contributed by atoms with van der Waals surface area (Å²) in [6.07, 6.45) is 0. The lowest BCUT2D eigenvalue weighted by Gasteiger charge is -2.35. The molecule has 3 heteroatoms. The molecular formula is C51H37NO2. The van der Waals surface area contributed by atoms with Crippen LogP contribution < -0.4 is 9.64 Å². The van der Waals surface area contributed by atoms with Crippen molar-refractivity contribution < 1.29 is 9.15 Å². The molecule has 0 radical (unpaired) electrons. The van der Waals surface area contributed by atoms with E-state index in [9.17, 15) is 0 Å². The van der Waals surface area contributed by atoms with E-state index in [2.05, 4.69) is 195 Å². The highest BCUT2D eigenvalue weighted by atomic mass is 16.5. The van der Waals surface area contributed by atoms with Gasteiger partial charge in [-0.25, -0.2) is 0 Å². The maximum absolute atomic E-state index is 6.74. The van der Waals surface area contributed by atoms with Crippen LogP contribution >= 0.6 is 0 Å². The molecule has 0 N–H and O–H groups in total. The van der Waals surface area contributed by atoms with Gasteiger partial charge in [0.05, 0.1) is 5.39 Å². The van der Waals surface area contributed by atoms with Gasteiger partial charge in [-0.1, -0.05) is 141 Å². The number of fused-ring (bicyclic) bond motifs is 6. The van der Waals surface area contributed by atoms with Gasteiger partial charge in [0.15, 0.2) is 0 Å². The Hall–Kier alpha value is -6.84. The van der Waals surface area contributed by atoms with Crippen molar-refractivity contribution in [2.45, 2.75) is 19.3 Å². The van der Waals surface area contributed by atoms with Gasteiger partial charge in [-0.2, -0.15) is 0 Å². The summed E-state index contributed by atoms with van der Waals surface area (Å²) in [6, 6.07) is 66.7. The molecule has 0 bridgehead atoms. The quantitative estimate of drug-likeness (QED) is 0.173. The predicted octanol–water partition coefficient (Wildman–Crippen LogP) is 14.5. The second-order valence-electron chi connectivity index (χ2n) is 14.6. The second-order valence-corrected chi connectivity index (χ2v) is 14.6. The van der Waals surface area contributed by atoms with Crippen LogP contribution in [-0.2, 0) is 5.41 Å². The zero-order valence-electron chi connectivity index (χ0n) is 30.2. The van der Waals surface area contributed by atoms with Crippen molar-refractivity contribution >= 4 is 39.0 Å². The van der Waals surface area contributed by atoms with E-state index in [0.29, 0.717) is 0 Å². The van der Waals surface area contributed by atoms with Gasteiger partial charge in [0.2, 0.25) is 0 Å². The van der Waals surface area contributed by atoms with Gasteiger partial charge >= 0.3 is 0 Å². The largest absolute Gasteiger partial charge is 0.456 e. The van der Waals surface area contributed by atoms with Gasteiger partial charge in [0.25, 0.3) is 0 Å². The minimum absolute atomic E-state index is 0.278. The highest BCUT2D eigenvalue weighted by Gasteiger charge is 2.36. The molecule has 0 spiro atoms. The summed E-state index contributed by atoms with van der Waals surface area (Å²) in [5.41, 5.74) is 14.2. The van der Waals surface area contributed by atoms with Crippen LogP contribution in [0.2, 0.25) is 0 Å². The summed E-state index contributed by atoms with van der Waals surface area (Å²) in [7, 11) is 0. The van der Waals surface area contributed by atoms with E-state index >= 15 is 0 Å². The minimum atomic E-state index is -0.278. The first-order chi connectivity index (χ1) is 26.5. The van der Waals surface area contributed by atoms with Crippen molar-refractivity contribution in [2.24, 2.45) is 0 Å². The predicted molar refractivity (Wildman–Crippen MR) is 223 cm³/mol. The van der Waals surface area contributed by atoms with Gasteiger partial charge in [0.1, 0.15) is 22.7 Å². The van der Waals surface area contributed by atoms with Crippen LogP contribution in [0, 0.1) is 0 Å². The summed E-state index contributed by atoms with van der Waals surface area (Å²) in [5.74, 6) is 1.77. The molecule has 10 rings (SSSR count). The normalized spacial score (nSPS) is 12.9. The maximum Gasteiger partial charge on any atom is 0.143 e. The summed E-state index contributed by atoms with van der Waals surface area (Å²) in [6.45, 7) is 4.58. The van der Waals surface area contributed by atoms with E-state index in [1.165, 1.54) is 27.8 Å². The first kappa shape index (κ1) is 31.9. The Morgan fingerprint density at radius 3 is 1.46 bits per heavy atom. The monoisotopic (exact) mass is 695 g/mol. The lowest BCUT2D eigenvalue weighted by atomic mass is 9.74. The van der Waals surface area contributed by atoms with E-state index in [-0.39, 0.29) is 5.41 Å². The third kappa shape index (κ3) is 5.36.